The molecule has 2 aromatic rings. The van der Waals surface area contributed by atoms with Crippen LogP contribution in [0.1, 0.15) is 16.1 Å². The Morgan fingerprint density at radius 1 is 1.37 bits per heavy atom. The molecule has 19 heavy (non-hydrogen) atoms. The van der Waals surface area contributed by atoms with E-state index in [2.05, 4.69) is 26.2 Å². The minimum absolute atomic E-state index is 0.0529. The van der Waals surface area contributed by atoms with E-state index in [1.807, 2.05) is 25.1 Å². The average Bonchev–Trinajstić information content (AvgIpc) is 2.36. The zero-order valence-corrected chi connectivity index (χ0v) is 11.7. The van der Waals surface area contributed by atoms with Crippen molar-refractivity contribution in [3.8, 4) is 0 Å². The minimum Gasteiger partial charge on any atom is -0.477 e. The molecule has 0 unspecified atom stereocenters. The van der Waals surface area contributed by atoms with Crippen LogP contribution in [0.15, 0.2) is 34.8 Å². The Balaban J connectivity index is 2.34. The second-order valence-corrected chi connectivity index (χ2v) is 4.88. The molecule has 2 rings (SSSR count). The molecule has 0 aliphatic carbocycles. The molecule has 98 valence electrons. The number of hydrogen-bond acceptors (Lipinski definition) is 4. The van der Waals surface area contributed by atoms with Crippen molar-refractivity contribution in [2.24, 2.45) is 0 Å². The van der Waals surface area contributed by atoms with E-state index < -0.39 is 5.97 Å². The SMILES string of the molecule is Cc1ccc(Nc2nc(C(=O)O)ccc2N)cc1Br. The van der Waals surface area contributed by atoms with Crippen LogP contribution in [0.5, 0.6) is 0 Å². The molecule has 6 heteroatoms. The van der Waals surface area contributed by atoms with Crippen LogP contribution >= 0.6 is 15.9 Å². The van der Waals surface area contributed by atoms with Crippen LogP contribution in [0.2, 0.25) is 0 Å². The number of nitrogens with one attached hydrogen (secondary N) is 1. The number of halogens is 1. The van der Waals surface area contributed by atoms with Gasteiger partial charge in [-0.3, -0.25) is 0 Å². The summed E-state index contributed by atoms with van der Waals surface area (Å²) in [6.45, 7) is 1.98. The minimum atomic E-state index is -1.09. The largest absolute Gasteiger partial charge is 0.477 e. The Morgan fingerprint density at radius 3 is 2.74 bits per heavy atom. The quantitative estimate of drug-likeness (QED) is 0.808. The van der Waals surface area contributed by atoms with Crippen molar-refractivity contribution < 1.29 is 9.90 Å². The van der Waals surface area contributed by atoms with Gasteiger partial charge in [0, 0.05) is 10.2 Å². The summed E-state index contributed by atoms with van der Waals surface area (Å²) >= 11 is 3.43. The van der Waals surface area contributed by atoms with Crippen molar-refractivity contribution >= 4 is 39.1 Å². The summed E-state index contributed by atoms with van der Waals surface area (Å²) in [7, 11) is 0. The van der Waals surface area contributed by atoms with Crippen LogP contribution in [0.25, 0.3) is 0 Å². The first kappa shape index (κ1) is 13.4. The van der Waals surface area contributed by atoms with E-state index in [0.717, 1.165) is 15.7 Å². The summed E-state index contributed by atoms with van der Waals surface area (Å²) in [5.41, 5.74) is 7.99. The number of aryl methyl sites for hydroxylation is 1. The lowest BCUT2D eigenvalue weighted by Gasteiger charge is -2.10. The molecule has 0 spiro atoms. The lowest BCUT2D eigenvalue weighted by atomic mass is 10.2. The topological polar surface area (TPSA) is 88.2 Å². The summed E-state index contributed by atoms with van der Waals surface area (Å²) in [6, 6.07) is 8.57. The number of carbonyl (C=O) groups is 1. The average molecular weight is 322 g/mol. The van der Waals surface area contributed by atoms with E-state index in [1.54, 1.807) is 0 Å². The molecule has 1 aromatic heterocycles. The van der Waals surface area contributed by atoms with Gasteiger partial charge in [-0.1, -0.05) is 22.0 Å². The fourth-order valence-corrected chi connectivity index (χ4v) is 1.88. The summed E-state index contributed by atoms with van der Waals surface area (Å²) in [6.07, 6.45) is 0. The standard InChI is InChI=1S/C13H12BrN3O2/c1-7-2-3-8(6-9(7)14)16-12-10(15)4-5-11(17-12)13(18)19/h2-6H,15H2,1H3,(H,16,17)(H,18,19). The number of hydrogen-bond donors (Lipinski definition) is 3. The highest BCUT2D eigenvalue weighted by molar-refractivity contribution is 9.10. The number of benzene rings is 1. The molecule has 5 nitrogen and oxygen atoms in total. The normalized spacial score (nSPS) is 10.2. The molecule has 0 saturated carbocycles. The van der Waals surface area contributed by atoms with Gasteiger partial charge in [-0.15, -0.1) is 0 Å². The third kappa shape index (κ3) is 3.03. The van der Waals surface area contributed by atoms with E-state index in [1.165, 1.54) is 12.1 Å². The third-order valence-electron chi connectivity index (χ3n) is 2.58. The Bertz CT molecular complexity index is 644. The summed E-state index contributed by atoms with van der Waals surface area (Å²) in [4.78, 5) is 14.8. The molecule has 0 amide bonds. The van der Waals surface area contributed by atoms with E-state index in [0.29, 0.717) is 11.5 Å². The molecule has 0 aliphatic rings. The molecular formula is C13H12BrN3O2. The number of carboxylic acids is 1. The Labute approximate surface area is 118 Å². The lowest BCUT2D eigenvalue weighted by molar-refractivity contribution is 0.0690. The third-order valence-corrected chi connectivity index (χ3v) is 3.43. The van der Waals surface area contributed by atoms with Crippen LogP contribution in [0.3, 0.4) is 0 Å². The van der Waals surface area contributed by atoms with Gasteiger partial charge in [-0.25, -0.2) is 9.78 Å². The predicted octanol–water partition coefficient (Wildman–Crippen LogP) is 3.18. The lowest BCUT2D eigenvalue weighted by Crippen LogP contribution is -2.05. The van der Waals surface area contributed by atoms with Crippen LogP contribution in [-0.2, 0) is 0 Å². The number of pyridine rings is 1. The first-order chi connectivity index (χ1) is 8.97. The zero-order valence-electron chi connectivity index (χ0n) is 10.1. The van der Waals surface area contributed by atoms with Gasteiger partial charge < -0.3 is 16.2 Å². The number of anilines is 3. The van der Waals surface area contributed by atoms with Gasteiger partial charge in [0.25, 0.3) is 0 Å². The van der Waals surface area contributed by atoms with Crippen LogP contribution in [0, 0.1) is 6.92 Å². The molecule has 1 heterocycles. The van der Waals surface area contributed by atoms with Crippen molar-refractivity contribution in [3.05, 3.63) is 46.1 Å². The fourth-order valence-electron chi connectivity index (χ4n) is 1.50. The second kappa shape index (κ2) is 5.27. The molecule has 0 radical (unpaired) electrons. The highest BCUT2D eigenvalue weighted by Gasteiger charge is 2.09. The molecule has 0 fully saturated rings. The van der Waals surface area contributed by atoms with Gasteiger partial charge in [-0.05, 0) is 36.8 Å². The highest BCUT2D eigenvalue weighted by atomic mass is 79.9. The molecule has 0 aliphatic heterocycles. The molecule has 0 bridgehead atoms. The molecule has 1 aromatic carbocycles. The molecule has 0 atom stereocenters. The van der Waals surface area contributed by atoms with E-state index in [-0.39, 0.29) is 5.69 Å². The van der Waals surface area contributed by atoms with Gasteiger partial charge in [0.15, 0.2) is 11.5 Å². The maximum absolute atomic E-state index is 10.9. The van der Waals surface area contributed by atoms with Crippen molar-refractivity contribution in [2.75, 3.05) is 11.1 Å². The number of carboxylic acid groups (broad SMARTS) is 1. The summed E-state index contributed by atoms with van der Waals surface area (Å²) in [5, 5.41) is 11.9. The zero-order chi connectivity index (χ0) is 14.0. The summed E-state index contributed by atoms with van der Waals surface area (Å²) in [5.74, 6) is -0.760. The number of aromatic carboxylic acids is 1. The maximum atomic E-state index is 10.9. The smallest absolute Gasteiger partial charge is 0.354 e. The Morgan fingerprint density at radius 2 is 2.11 bits per heavy atom. The van der Waals surface area contributed by atoms with Crippen LogP contribution in [0.4, 0.5) is 17.2 Å². The molecule has 0 saturated heterocycles. The first-order valence-corrected chi connectivity index (χ1v) is 6.29. The van der Waals surface area contributed by atoms with Crippen LogP contribution < -0.4 is 11.1 Å². The van der Waals surface area contributed by atoms with E-state index >= 15 is 0 Å². The van der Waals surface area contributed by atoms with Gasteiger partial charge >= 0.3 is 5.97 Å². The van der Waals surface area contributed by atoms with Gasteiger partial charge in [0.05, 0.1) is 5.69 Å². The fraction of sp³-hybridized carbons (Fsp3) is 0.0769. The Hall–Kier alpha value is -2.08. The first-order valence-electron chi connectivity index (χ1n) is 5.50. The number of aromatic nitrogens is 1. The van der Waals surface area contributed by atoms with Crippen molar-refractivity contribution in [1.29, 1.82) is 0 Å². The monoisotopic (exact) mass is 321 g/mol. The molecular weight excluding hydrogens is 310 g/mol. The Kier molecular flexibility index (Phi) is 3.71. The van der Waals surface area contributed by atoms with Crippen LogP contribution in [-0.4, -0.2) is 16.1 Å². The molecule has 4 N–H and O–H groups in total. The van der Waals surface area contributed by atoms with Crippen molar-refractivity contribution in [3.63, 3.8) is 0 Å². The van der Waals surface area contributed by atoms with E-state index in [4.69, 9.17) is 10.8 Å². The number of nitrogens with two attached hydrogens (primary N) is 1. The van der Waals surface area contributed by atoms with Gasteiger partial charge in [0.1, 0.15) is 0 Å². The van der Waals surface area contributed by atoms with Gasteiger partial charge in [0.2, 0.25) is 0 Å². The number of nitrogen functional groups attached to an aromatic ring is 1. The summed E-state index contributed by atoms with van der Waals surface area (Å²) < 4.78 is 0.950. The number of rotatable bonds is 3. The number of nitrogens with zero attached hydrogens (tertiary/aromatic N) is 1. The maximum Gasteiger partial charge on any atom is 0.354 e. The van der Waals surface area contributed by atoms with Crippen molar-refractivity contribution in [2.45, 2.75) is 6.92 Å². The second-order valence-electron chi connectivity index (χ2n) is 4.03. The highest BCUT2D eigenvalue weighted by Crippen LogP contribution is 2.25. The predicted molar refractivity (Wildman–Crippen MR) is 77.8 cm³/mol. The van der Waals surface area contributed by atoms with Gasteiger partial charge in [-0.2, -0.15) is 0 Å². The van der Waals surface area contributed by atoms with E-state index in [9.17, 15) is 4.79 Å². The van der Waals surface area contributed by atoms with Crippen molar-refractivity contribution in [1.82, 2.24) is 4.98 Å².